The van der Waals surface area contributed by atoms with Gasteiger partial charge in [0, 0.05) is 17.9 Å². The Morgan fingerprint density at radius 2 is 2.36 bits per heavy atom. The molecular weight excluding hydrogens is 194 g/mol. The minimum absolute atomic E-state index is 0.502. The van der Waals surface area contributed by atoms with E-state index < -0.39 is 5.60 Å². The van der Waals surface area contributed by atoms with Gasteiger partial charge in [-0.2, -0.15) is 11.8 Å². The number of nitrogen functional groups attached to an aromatic ring is 1. The van der Waals surface area contributed by atoms with E-state index in [2.05, 4.69) is 0 Å². The maximum absolute atomic E-state index is 10.2. The molecule has 2 rings (SSSR count). The van der Waals surface area contributed by atoms with Crippen LogP contribution in [0, 0.1) is 0 Å². The number of hydrogen-bond donors (Lipinski definition) is 2. The van der Waals surface area contributed by atoms with E-state index in [1.165, 1.54) is 0 Å². The van der Waals surface area contributed by atoms with Gasteiger partial charge in [0.2, 0.25) is 0 Å². The van der Waals surface area contributed by atoms with E-state index in [0.717, 1.165) is 35.6 Å². The first-order valence-corrected chi connectivity index (χ1v) is 5.98. The maximum atomic E-state index is 10.2. The predicted molar refractivity (Wildman–Crippen MR) is 61.5 cm³/mol. The quantitative estimate of drug-likeness (QED) is 0.728. The van der Waals surface area contributed by atoms with E-state index >= 15 is 0 Å². The number of anilines is 1. The van der Waals surface area contributed by atoms with Crippen LogP contribution in [0.25, 0.3) is 0 Å². The number of rotatable bonds is 2. The van der Waals surface area contributed by atoms with Crippen molar-refractivity contribution >= 4 is 17.4 Å². The first-order valence-electron chi connectivity index (χ1n) is 4.83. The highest BCUT2D eigenvalue weighted by Gasteiger charge is 2.31. The normalized spacial score (nSPS) is 26.6. The van der Waals surface area contributed by atoms with Crippen LogP contribution in [0.2, 0.25) is 0 Å². The Labute approximate surface area is 88.5 Å². The lowest BCUT2D eigenvalue weighted by atomic mass is 9.94. The average Bonchev–Trinajstić information content (AvgIpc) is 2.51. The van der Waals surface area contributed by atoms with Crippen molar-refractivity contribution in [2.75, 3.05) is 17.2 Å². The third-order valence-electron chi connectivity index (χ3n) is 2.57. The summed E-state index contributed by atoms with van der Waals surface area (Å²) in [5.41, 5.74) is 7.10. The van der Waals surface area contributed by atoms with E-state index in [1.54, 1.807) is 0 Å². The summed E-state index contributed by atoms with van der Waals surface area (Å²) in [4.78, 5) is 0. The third-order valence-corrected chi connectivity index (χ3v) is 3.80. The molecule has 1 fully saturated rings. The second-order valence-electron chi connectivity index (χ2n) is 3.95. The van der Waals surface area contributed by atoms with Crippen molar-refractivity contribution in [1.82, 2.24) is 0 Å². The van der Waals surface area contributed by atoms with Gasteiger partial charge in [0.1, 0.15) is 0 Å². The van der Waals surface area contributed by atoms with Crippen molar-refractivity contribution in [1.29, 1.82) is 0 Å². The van der Waals surface area contributed by atoms with Crippen molar-refractivity contribution in [2.45, 2.75) is 18.4 Å². The first kappa shape index (κ1) is 9.87. The van der Waals surface area contributed by atoms with E-state index in [9.17, 15) is 5.11 Å². The molecule has 3 N–H and O–H groups in total. The fraction of sp³-hybridized carbons (Fsp3) is 0.455. The topological polar surface area (TPSA) is 46.2 Å². The fourth-order valence-corrected chi connectivity index (χ4v) is 3.11. The van der Waals surface area contributed by atoms with Crippen LogP contribution >= 0.6 is 11.8 Å². The van der Waals surface area contributed by atoms with Crippen LogP contribution in [-0.4, -0.2) is 22.2 Å². The molecule has 0 saturated carbocycles. The van der Waals surface area contributed by atoms with Crippen LogP contribution in [-0.2, 0) is 6.42 Å². The largest absolute Gasteiger partial charge is 0.399 e. The number of hydrogen-bond acceptors (Lipinski definition) is 3. The number of thioether (sulfide) groups is 1. The Hall–Kier alpha value is -0.670. The summed E-state index contributed by atoms with van der Waals surface area (Å²) < 4.78 is 0. The first-order chi connectivity index (χ1) is 6.68. The van der Waals surface area contributed by atoms with Crippen molar-refractivity contribution in [3.8, 4) is 0 Å². The molecule has 1 aliphatic rings. The standard InChI is InChI=1S/C11H15NOS/c12-10-3-1-2-9(6-10)7-11(13)4-5-14-8-11/h1-3,6,13H,4-5,7-8,12H2. The molecule has 3 heteroatoms. The number of benzene rings is 1. The van der Waals surface area contributed by atoms with Gasteiger partial charge in [0.05, 0.1) is 5.60 Å². The summed E-state index contributed by atoms with van der Waals surface area (Å²) in [5, 5.41) is 10.2. The van der Waals surface area contributed by atoms with E-state index in [1.807, 2.05) is 36.0 Å². The summed E-state index contributed by atoms with van der Waals surface area (Å²) in [6.45, 7) is 0. The van der Waals surface area contributed by atoms with Crippen molar-refractivity contribution in [2.24, 2.45) is 0 Å². The monoisotopic (exact) mass is 209 g/mol. The maximum Gasteiger partial charge on any atom is 0.0785 e. The molecule has 0 aliphatic carbocycles. The number of nitrogens with two attached hydrogens (primary N) is 1. The second kappa shape index (κ2) is 3.83. The second-order valence-corrected chi connectivity index (χ2v) is 5.05. The molecule has 1 heterocycles. The lowest BCUT2D eigenvalue weighted by Crippen LogP contribution is -2.30. The summed E-state index contributed by atoms with van der Waals surface area (Å²) in [7, 11) is 0. The zero-order valence-electron chi connectivity index (χ0n) is 8.07. The minimum Gasteiger partial charge on any atom is -0.399 e. The molecule has 2 nitrogen and oxygen atoms in total. The SMILES string of the molecule is Nc1cccc(CC2(O)CCSC2)c1. The Kier molecular flexibility index (Phi) is 2.70. The van der Waals surface area contributed by atoms with Gasteiger partial charge in [-0.15, -0.1) is 0 Å². The molecule has 0 amide bonds. The van der Waals surface area contributed by atoms with Gasteiger partial charge in [-0.3, -0.25) is 0 Å². The molecule has 14 heavy (non-hydrogen) atoms. The summed E-state index contributed by atoms with van der Waals surface area (Å²) in [5.74, 6) is 1.92. The van der Waals surface area contributed by atoms with Crippen molar-refractivity contribution in [3.63, 3.8) is 0 Å². The molecule has 1 unspecified atom stereocenters. The third kappa shape index (κ3) is 2.22. The van der Waals surface area contributed by atoms with Crippen LogP contribution in [0.1, 0.15) is 12.0 Å². The Balaban J connectivity index is 2.10. The Morgan fingerprint density at radius 1 is 1.50 bits per heavy atom. The summed E-state index contributed by atoms with van der Waals surface area (Å²) in [6.07, 6.45) is 1.62. The fourth-order valence-electron chi connectivity index (χ4n) is 1.82. The van der Waals surface area contributed by atoms with Crippen molar-refractivity contribution < 1.29 is 5.11 Å². The lowest BCUT2D eigenvalue weighted by molar-refractivity contribution is 0.0687. The molecule has 1 atom stereocenters. The van der Waals surface area contributed by atoms with Gasteiger partial charge >= 0.3 is 0 Å². The van der Waals surface area contributed by atoms with Crippen molar-refractivity contribution in [3.05, 3.63) is 29.8 Å². The average molecular weight is 209 g/mol. The lowest BCUT2D eigenvalue weighted by Gasteiger charge is -2.21. The molecule has 0 aromatic heterocycles. The van der Waals surface area contributed by atoms with E-state index in [0.29, 0.717) is 0 Å². The molecule has 0 bridgehead atoms. The zero-order valence-corrected chi connectivity index (χ0v) is 8.89. The molecule has 1 saturated heterocycles. The van der Waals surface area contributed by atoms with Gasteiger partial charge in [-0.1, -0.05) is 12.1 Å². The van der Waals surface area contributed by atoms with Crippen LogP contribution in [0.15, 0.2) is 24.3 Å². The molecule has 0 spiro atoms. The Morgan fingerprint density at radius 3 is 3.00 bits per heavy atom. The van der Waals surface area contributed by atoms with Gasteiger partial charge in [0.15, 0.2) is 0 Å². The van der Waals surface area contributed by atoms with Gasteiger partial charge in [0.25, 0.3) is 0 Å². The summed E-state index contributed by atoms with van der Waals surface area (Å²) in [6, 6.07) is 7.78. The number of aliphatic hydroxyl groups is 1. The van der Waals surface area contributed by atoms with Crippen LogP contribution in [0.3, 0.4) is 0 Å². The molecular formula is C11H15NOS. The molecule has 0 radical (unpaired) electrons. The smallest absolute Gasteiger partial charge is 0.0785 e. The van der Waals surface area contributed by atoms with Crippen LogP contribution in [0.4, 0.5) is 5.69 Å². The van der Waals surface area contributed by atoms with Crippen LogP contribution in [0.5, 0.6) is 0 Å². The highest BCUT2D eigenvalue weighted by molar-refractivity contribution is 7.99. The zero-order chi connectivity index (χ0) is 10.0. The highest BCUT2D eigenvalue weighted by atomic mass is 32.2. The molecule has 1 aromatic carbocycles. The molecule has 1 aliphatic heterocycles. The van der Waals surface area contributed by atoms with Gasteiger partial charge in [-0.05, 0) is 29.9 Å². The molecule has 76 valence electrons. The Bertz CT molecular complexity index is 321. The predicted octanol–water partition coefficient (Wildman–Crippen LogP) is 1.68. The van der Waals surface area contributed by atoms with E-state index in [-0.39, 0.29) is 0 Å². The van der Waals surface area contributed by atoms with E-state index in [4.69, 9.17) is 5.73 Å². The van der Waals surface area contributed by atoms with Gasteiger partial charge < -0.3 is 10.8 Å². The van der Waals surface area contributed by atoms with Crippen LogP contribution < -0.4 is 5.73 Å². The van der Waals surface area contributed by atoms with Gasteiger partial charge in [-0.25, -0.2) is 0 Å². The molecule has 1 aromatic rings. The highest BCUT2D eigenvalue weighted by Crippen LogP contribution is 2.31. The summed E-state index contributed by atoms with van der Waals surface area (Å²) >= 11 is 1.82. The minimum atomic E-state index is -0.502.